The van der Waals surface area contributed by atoms with Crippen LogP contribution >= 0.6 is 0 Å². The highest BCUT2D eigenvalue weighted by Crippen LogP contribution is 2.33. The number of benzene rings is 2. The summed E-state index contributed by atoms with van der Waals surface area (Å²) in [4.78, 5) is 40.3. The zero-order valence-corrected chi connectivity index (χ0v) is 28.8. The molecule has 2 aromatic rings. The molecule has 1 heterocycles. The lowest BCUT2D eigenvalue weighted by Gasteiger charge is -2.39. The minimum atomic E-state index is -4.73. The summed E-state index contributed by atoms with van der Waals surface area (Å²) >= 11 is 0. The van der Waals surface area contributed by atoms with Crippen molar-refractivity contribution in [1.82, 2.24) is 14.5 Å². The number of carbonyl (C=O) groups excluding carboxylic acids is 3. The van der Waals surface area contributed by atoms with E-state index in [0.717, 1.165) is 17.2 Å². The number of alkyl halides is 3. The van der Waals surface area contributed by atoms with E-state index >= 15 is 0 Å². The maximum Gasteiger partial charge on any atom is 0.416 e. The predicted octanol–water partition coefficient (Wildman–Crippen LogP) is 4.59. The van der Waals surface area contributed by atoms with Gasteiger partial charge in [0.1, 0.15) is 11.3 Å². The Balaban J connectivity index is 1.61. The van der Waals surface area contributed by atoms with Crippen LogP contribution in [0.25, 0.3) is 0 Å². The topological polar surface area (TPSA) is 131 Å². The number of unbranched alkanes of at least 4 members (excludes halogenated alkanes) is 1. The van der Waals surface area contributed by atoms with Gasteiger partial charge in [0.25, 0.3) is 11.8 Å². The van der Waals surface area contributed by atoms with Crippen molar-refractivity contribution in [2.45, 2.75) is 50.7 Å². The fourth-order valence-corrected chi connectivity index (χ4v) is 6.56. The number of nitrogens with zero attached hydrogens (tertiary/aromatic N) is 2. The van der Waals surface area contributed by atoms with E-state index in [4.69, 9.17) is 15.2 Å². The first-order valence-corrected chi connectivity index (χ1v) is 17.2. The Labute approximate surface area is 288 Å². The fraction of sp³-hybridized carbons (Fsp3) is 0.457. The van der Waals surface area contributed by atoms with E-state index in [2.05, 4.69) is 18.5 Å². The summed E-state index contributed by atoms with van der Waals surface area (Å²) < 4.78 is 66.6. The third-order valence-corrected chi connectivity index (χ3v) is 9.79. The van der Waals surface area contributed by atoms with Gasteiger partial charge in [0.2, 0.25) is 5.91 Å². The van der Waals surface area contributed by atoms with Crippen LogP contribution in [0.15, 0.2) is 61.7 Å². The van der Waals surface area contributed by atoms with Gasteiger partial charge in [-0.25, -0.2) is 8.51 Å². The summed E-state index contributed by atoms with van der Waals surface area (Å²) in [6, 6.07) is 8.10. The number of primary amides is 1. The number of carbonyl (C=O) groups is 3. The standard InChI is InChI=1S/C35H45F3N4O6S/c1-5-7-8-18-48-30-23-28(22-29(24-30)35(36,37)38)31(43)40-34(33(39)45)12-14-42(15-13-34)49(46)20-11-26-9-10-27(21-25(26)3)32(44)41(4)16-19-47-17-6-2/h5-6,9-10,21-24H,1-2,7-8,11-20H2,3-4H3,(H2,39,45)(H,40,43). The molecule has 3 amide bonds. The van der Waals surface area contributed by atoms with Gasteiger partial charge >= 0.3 is 6.18 Å². The number of ether oxygens (including phenoxy) is 2. The Kier molecular flexibility index (Phi) is 14.6. The Morgan fingerprint density at radius 2 is 1.80 bits per heavy atom. The molecular weight excluding hydrogens is 661 g/mol. The molecule has 14 heteroatoms. The van der Waals surface area contributed by atoms with Gasteiger partial charge in [-0.3, -0.25) is 14.4 Å². The van der Waals surface area contributed by atoms with E-state index in [9.17, 15) is 31.8 Å². The predicted molar refractivity (Wildman–Crippen MR) is 182 cm³/mol. The van der Waals surface area contributed by atoms with E-state index in [-0.39, 0.29) is 55.5 Å². The zero-order chi connectivity index (χ0) is 36.2. The van der Waals surface area contributed by atoms with Gasteiger partial charge in [-0.1, -0.05) is 18.2 Å². The summed E-state index contributed by atoms with van der Waals surface area (Å²) in [6.45, 7) is 10.8. The summed E-state index contributed by atoms with van der Waals surface area (Å²) in [5.41, 5.74) is 5.13. The largest absolute Gasteiger partial charge is 0.494 e. The summed E-state index contributed by atoms with van der Waals surface area (Å²) in [7, 11) is 0.267. The lowest BCUT2D eigenvalue weighted by Crippen LogP contribution is -2.62. The Bertz CT molecular complexity index is 1530. The molecular formula is C35H45F3N4O6S. The molecule has 1 atom stereocenters. The van der Waals surface area contributed by atoms with Crippen LogP contribution in [0.4, 0.5) is 13.2 Å². The van der Waals surface area contributed by atoms with Gasteiger partial charge in [0, 0.05) is 43.6 Å². The molecule has 3 N–H and O–H groups in total. The van der Waals surface area contributed by atoms with Crippen LogP contribution < -0.4 is 15.8 Å². The maximum absolute atomic E-state index is 13.6. The van der Waals surface area contributed by atoms with Gasteiger partial charge in [0.15, 0.2) is 0 Å². The lowest BCUT2D eigenvalue weighted by molar-refractivity contribution is -0.137. The third-order valence-electron chi connectivity index (χ3n) is 8.29. The number of piperidine rings is 1. The molecule has 0 aliphatic carbocycles. The van der Waals surface area contributed by atoms with E-state index in [0.29, 0.717) is 50.7 Å². The molecule has 1 unspecified atom stereocenters. The van der Waals surface area contributed by atoms with Gasteiger partial charge in [-0.05, 0) is 80.5 Å². The molecule has 0 saturated carbocycles. The Morgan fingerprint density at radius 1 is 1.08 bits per heavy atom. The molecule has 0 bridgehead atoms. The van der Waals surface area contributed by atoms with Crippen molar-refractivity contribution in [1.29, 1.82) is 0 Å². The van der Waals surface area contributed by atoms with E-state index < -0.39 is 40.1 Å². The normalized spacial score (nSPS) is 15.2. The fourth-order valence-electron chi connectivity index (χ4n) is 5.31. The highest BCUT2D eigenvalue weighted by atomic mass is 32.2. The first-order valence-electron chi connectivity index (χ1n) is 16.0. The monoisotopic (exact) mass is 706 g/mol. The Morgan fingerprint density at radius 3 is 2.41 bits per heavy atom. The highest BCUT2D eigenvalue weighted by molar-refractivity contribution is 7.82. The molecule has 268 valence electrons. The van der Waals surface area contributed by atoms with Gasteiger partial charge in [-0.15, -0.1) is 13.2 Å². The van der Waals surface area contributed by atoms with Crippen LogP contribution in [0.2, 0.25) is 0 Å². The number of nitrogens with one attached hydrogen (secondary N) is 1. The number of rotatable bonds is 18. The molecule has 1 fully saturated rings. The second-order valence-corrected chi connectivity index (χ2v) is 13.4. The number of hydrogen-bond acceptors (Lipinski definition) is 6. The van der Waals surface area contributed by atoms with Crippen LogP contribution in [0.5, 0.6) is 5.75 Å². The Hall–Kier alpha value is -4.01. The number of allylic oxidation sites excluding steroid dienone is 1. The molecule has 0 spiro atoms. The average Bonchev–Trinajstić information content (AvgIpc) is 3.07. The van der Waals surface area contributed by atoms with Crippen molar-refractivity contribution in [3.8, 4) is 5.75 Å². The van der Waals surface area contributed by atoms with Gasteiger partial charge in [0.05, 0.1) is 36.4 Å². The quantitative estimate of drug-likeness (QED) is 0.172. The van der Waals surface area contributed by atoms with Crippen molar-refractivity contribution >= 4 is 28.7 Å². The first kappa shape index (κ1) is 39.4. The van der Waals surface area contributed by atoms with Gasteiger partial charge < -0.3 is 25.4 Å². The van der Waals surface area contributed by atoms with Crippen molar-refractivity contribution in [3.63, 3.8) is 0 Å². The molecule has 10 nitrogen and oxygen atoms in total. The van der Waals surface area contributed by atoms with Crippen molar-refractivity contribution in [2.75, 3.05) is 52.3 Å². The number of amides is 3. The van der Waals surface area contributed by atoms with Crippen LogP contribution in [0.3, 0.4) is 0 Å². The third kappa shape index (κ3) is 11.3. The van der Waals surface area contributed by atoms with Crippen molar-refractivity contribution in [2.24, 2.45) is 5.73 Å². The van der Waals surface area contributed by atoms with Crippen LogP contribution in [-0.2, 0) is 33.1 Å². The van der Waals surface area contributed by atoms with Crippen molar-refractivity contribution in [3.05, 3.63) is 89.5 Å². The maximum atomic E-state index is 13.6. The number of halogens is 3. The summed E-state index contributed by atoms with van der Waals surface area (Å²) in [5, 5.41) is 2.58. The molecule has 3 rings (SSSR count). The van der Waals surface area contributed by atoms with E-state index in [1.165, 1.54) is 6.07 Å². The van der Waals surface area contributed by atoms with Crippen molar-refractivity contribution < 1.29 is 41.2 Å². The molecule has 0 radical (unpaired) electrons. The molecule has 49 heavy (non-hydrogen) atoms. The summed E-state index contributed by atoms with van der Waals surface area (Å²) in [5.74, 6) is -1.72. The minimum Gasteiger partial charge on any atom is -0.494 e. The summed E-state index contributed by atoms with van der Waals surface area (Å²) in [6.07, 6.45) is 0.217. The number of aryl methyl sites for hydroxylation is 2. The van der Waals surface area contributed by atoms with Gasteiger partial charge in [-0.2, -0.15) is 13.2 Å². The smallest absolute Gasteiger partial charge is 0.416 e. The first-order chi connectivity index (χ1) is 23.2. The molecule has 0 aromatic heterocycles. The molecule has 1 aliphatic rings. The second-order valence-electron chi connectivity index (χ2n) is 11.9. The number of likely N-dealkylation sites (N-methyl/N-ethyl adjacent to an activating group) is 1. The van der Waals surface area contributed by atoms with E-state index in [1.54, 1.807) is 40.5 Å². The molecule has 1 aliphatic heterocycles. The molecule has 2 aromatic carbocycles. The zero-order valence-electron chi connectivity index (χ0n) is 28.0. The lowest BCUT2D eigenvalue weighted by atomic mass is 9.87. The average molecular weight is 707 g/mol. The van der Waals surface area contributed by atoms with Crippen LogP contribution in [-0.4, -0.2) is 88.9 Å². The van der Waals surface area contributed by atoms with Crippen LogP contribution in [0, 0.1) is 6.92 Å². The highest BCUT2D eigenvalue weighted by Gasteiger charge is 2.43. The number of nitrogens with two attached hydrogens (primary N) is 1. The number of hydrogen-bond donors (Lipinski definition) is 2. The van der Waals surface area contributed by atoms with E-state index in [1.807, 2.05) is 13.0 Å². The minimum absolute atomic E-state index is 0.0195. The SMILES string of the molecule is C=CCCCOc1cc(C(=O)NC2(C(N)=O)CCN(S(=O)CCc3ccc(C(=O)N(C)CCOCC=C)cc3C)CC2)cc(C(F)(F)F)c1. The second kappa shape index (κ2) is 18.1. The molecule has 1 saturated heterocycles. The van der Waals surface area contributed by atoms with Crippen LogP contribution in [0.1, 0.15) is 63.1 Å².